The molecule has 0 aromatic carbocycles. The van der Waals surface area contributed by atoms with E-state index in [1.807, 2.05) is 17.2 Å². The maximum absolute atomic E-state index is 3.64. The van der Waals surface area contributed by atoms with Crippen LogP contribution >= 0.6 is 0 Å². The average molecular weight is 151 g/mol. The second-order valence-electron chi connectivity index (χ2n) is 2.01. The Hall–Kier alpha value is -0.860. The Morgan fingerprint density at radius 2 is 1.64 bits per heavy atom. The van der Waals surface area contributed by atoms with Crippen molar-refractivity contribution < 1.29 is 0 Å². The summed E-state index contributed by atoms with van der Waals surface area (Å²) in [7, 11) is 0. The average Bonchev–Trinajstić information content (AvgIpc) is 2.01. The summed E-state index contributed by atoms with van der Waals surface area (Å²) in [5.74, 6) is 0. The van der Waals surface area contributed by atoms with E-state index < -0.39 is 0 Å². The van der Waals surface area contributed by atoms with Crippen LogP contribution in [-0.4, -0.2) is 18.1 Å². The predicted molar refractivity (Wildman–Crippen MR) is 49.6 cm³/mol. The van der Waals surface area contributed by atoms with Crippen molar-refractivity contribution in [2.75, 3.05) is 13.1 Å². The van der Waals surface area contributed by atoms with Crippen molar-refractivity contribution in [1.29, 1.82) is 0 Å². The van der Waals surface area contributed by atoms with E-state index in [1.54, 1.807) is 12.6 Å². The van der Waals surface area contributed by atoms with Gasteiger partial charge >= 0.3 is 0 Å². The zero-order valence-corrected chi connectivity index (χ0v) is 6.79. The smallest absolute Gasteiger partial charge is 0.0595 e. The highest BCUT2D eigenvalue weighted by Gasteiger charge is 1.95. The monoisotopic (exact) mass is 151 g/mol. The lowest BCUT2D eigenvalue weighted by Crippen LogP contribution is -2.35. The molecule has 2 heteroatoms. The van der Waals surface area contributed by atoms with Crippen LogP contribution in [0, 0.1) is 6.54 Å². The van der Waals surface area contributed by atoms with Gasteiger partial charge < -0.3 is 0 Å². The number of nitrogens with one attached hydrogen (secondary N) is 1. The molecule has 1 radical (unpaired) electrons. The van der Waals surface area contributed by atoms with Crippen LogP contribution in [0.5, 0.6) is 0 Å². The fourth-order valence-corrected chi connectivity index (χ4v) is 0.650. The van der Waals surface area contributed by atoms with Crippen molar-refractivity contribution in [2.45, 2.75) is 0 Å². The Labute approximate surface area is 68.9 Å². The molecule has 0 aromatic heterocycles. The second kappa shape index (κ2) is 7.25. The summed E-state index contributed by atoms with van der Waals surface area (Å²) >= 11 is 0. The Balaban J connectivity index is 3.57. The first-order chi connectivity index (χ1) is 5.35. The van der Waals surface area contributed by atoms with Gasteiger partial charge in [-0.05, 0) is 0 Å². The van der Waals surface area contributed by atoms with Crippen LogP contribution in [0.4, 0.5) is 0 Å². The molecule has 0 aromatic rings. The third-order valence-electron chi connectivity index (χ3n) is 1.07. The molecule has 11 heavy (non-hydrogen) atoms. The van der Waals surface area contributed by atoms with Crippen LogP contribution in [0.2, 0.25) is 0 Å². The fourth-order valence-electron chi connectivity index (χ4n) is 0.650. The molecule has 0 bridgehead atoms. The number of hydrogen-bond donors (Lipinski definition) is 1. The van der Waals surface area contributed by atoms with E-state index in [-0.39, 0.29) is 0 Å². The molecule has 61 valence electrons. The molecule has 1 N–H and O–H groups in total. The lowest BCUT2D eigenvalue weighted by molar-refractivity contribution is 0.264. The first kappa shape index (κ1) is 10.1. The van der Waals surface area contributed by atoms with Crippen molar-refractivity contribution >= 4 is 0 Å². The van der Waals surface area contributed by atoms with Crippen LogP contribution in [0.25, 0.3) is 0 Å². The lowest BCUT2D eigenvalue weighted by Gasteiger charge is -2.18. The Kier molecular flexibility index (Phi) is 6.68. The van der Waals surface area contributed by atoms with Crippen molar-refractivity contribution in [3.63, 3.8) is 0 Å². The summed E-state index contributed by atoms with van der Waals surface area (Å²) in [5.41, 5.74) is 3.02. The van der Waals surface area contributed by atoms with Crippen molar-refractivity contribution in [2.24, 2.45) is 0 Å². The highest BCUT2D eigenvalue weighted by atomic mass is 15.5. The third kappa shape index (κ3) is 5.58. The zero-order chi connectivity index (χ0) is 8.53. The molecule has 0 heterocycles. The summed E-state index contributed by atoms with van der Waals surface area (Å²) in [4.78, 5) is 0. The minimum absolute atomic E-state index is 0.788. The fraction of sp³-hybridized carbons (Fsp3) is 0.222. The van der Waals surface area contributed by atoms with Crippen LogP contribution in [0.3, 0.4) is 0 Å². The van der Waals surface area contributed by atoms with Crippen LogP contribution in [0.15, 0.2) is 38.0 Å². The van der Waals surface area contributed by atoms with E-state index in [0.29, 0.717) is 0 Å². The SMILES string of the molecule is C=C[CH]NN(CC=C)CC=C. The molecule has 0 rings (SSSR count). The molecule has 2 nitrogen and oxygen atoms in total. The minimum Gasteiger partial charge on any atom is -0.246 e. The number of rotatable bonds is 7. The van der Waals surface area contributed by atoms with Crippen LogP contribution in [0.1, 0.15) is 0 Å². The van der Waals surface area contributed by atoms with Gasteiger partial charge in [-0.15, -0.1) is 19.7 Å². The van der Waals surface area contributed by atoms with E-state index in [1.165, 1.54) is 0 Å². The molecule has 0 atom stereocenters. The van der Waals surface area contributed by atoms with Gasteiger partial charge in [0.05, 0.1) is 6.54 Å². The standard InChI is InChI=1S/C9H15N2/c1-4-7-10-11(8-5-2)9-6-3/h4-7,10H,1-3,8-9H2. The third-order valence-corrected chi connectivity index (χ3v) is 1.07. The van der Waals surface area contributed by atoms with Gasteiger partial charge in [-0.25, -0.2) is 10.4 Å². The molecular weight excluding hydrogens is 136 g/mol. The summed E-state index contributed by atoms with van der Waals surface area (Å²) in [5, 5.41) is 1.96. The van der Waals surface area contributed by atoms with Crippen molar-refractivity contribution in [1.82, 2.24) is 10.4 Å². The van der Waals surface area contributed by atoms with Gasteiger partial charge in [0.15, 0.2) is 0 Å². The first-order valence-electron chi connectivity index (χ1n) is 3.52. The molecular formula is C9H15N2. The maximum Gasteiger partial charge on any atom is 0.0595 e. The van der Waals surface area contributed by atoms with Crippen LogP contribution in [-0.2, 0) is 0 Å². The number of hydrazine groups is 1. The molecule has 0 aliphatic carbocycles. The summed E-state index contributed by atoms with van der Waals surface area (Å²) in [6.07, 6.45) is 5.35. The Morgan fingerprint density at radius 1 is 1.09 bits per heavy atom. The Bertz CT molecular complexity index is 120. The summed E-state index contributed by atoms with van der Waals surface area (Å²) in [6, 6.07) is 0. The molecule has 0 unspecified atom stereocenters. The van der Waals surface area contributed by atoms with Gasteiger partial charge in [0, 0.05) is 13.1 Å². The topological polar surface area (TPSA) is 15.3 Å². The summed E-state index contributed by atoms with van der Waals surface area (Å²) < 4.78 is 0. The molecule has 0 aliphatic heterocycles. The lowest BCUT2D eigenvalue weighted by atomic mass is 10.5. The van der Waals surface area contributed by atoms with E-state index in [2.05, 4.69) is 25.2 Å². The molecule has 0 aliphatic rings. The summed E-state index contributed by atoms with van der Waals surface area (Å²) in [6.45, 7) is 14.2. The Morgan fingerprint density at radius 3 is 2.00 bits per heavy atom. The quantitative estimate of drug-likeness (QED) is 0.438. The predicted octanol–water partition coefficient (Wildman–Crippen LogP) is 1.51. The van der Waals surface area contributed by atoms with Crippen molar-refractivity contribution in [3.05, 3.63) is 44.5 Å². The largest absolute Gasteiger partial charge is 0.246 e. The van der Waals surface area contributed by atoms with Crippen molar-refractivity contribution in [3.8, 4) is 0 Å². The van der Waals surface area contributed by atoms with Gasteiger partial charge in [0.25, 0.3) is 0 Å². The molecule has 0 fully saturated rings. The maximum atomic E-state index is 3.64. The molecule has 0 spiro atoms. The number of hydrogen-bond acceptors (Lipinski definition) is 2. The second-order valence-corrected chi connectivity index (χ2v) is 2.01. The van der Waals surface area contributed by atoms with Gasteiger partial charge in [0.1, 0.15) is 0 Å². The van der Waals surface area contributed by atoms with E-state index >= 15 is 0 Å². The normalized spacial score (nSPS) is 9.55. The molecule has 0 saturated carbocycles. The van der Waals surface area contributed by atoms with E-state index in [4.69, 9.17) is 0 Å². The first-order valence-corrected chi connectivity index (χ1v) is 3.52. The highest BCUT2D eigenvalue weighted by Crippen LogP contribution is 1.84. The van der Waals surface area contributed by atoms with Gasteiger partial charge in [-0.3, -0.25) is 0 Å². The minimum atomic E-state index is 0.788. The van der Waals surface area contributed by atoms with Gasteiger partial charge in [-0.1, -0.05) is 18.2 Å². The molecule has 0 saturated heterocycles. The van der Waals surface area contributed by atoms with Gasteiger partial charge in [-0.2, -0.15) is 0 Å². The highest BCUT2D eigenvalue weighted by molar-refractivity contribution is 4.85. The van der Waals surface area contributed by atoms with Crippen LogP contribution < -0.4 is 5.43 Å². The number of nitrogens with zero attached hydrogens (tertiary/aromatic N) is 1. The zero-order valence-electron chi connectivity index (χ0n) is 6.79. The molecule has 0 amide bonds. The van der Waals surface area contributed by atoms with Gasteiger partial charge in [0.2, 0.25) is 0 Å². The van der Waals surface area contributed by atoms with E-state index in [0.717, 1.165) is 13.1 Å². The van der Waals surface area contributed by atoms with E-state index in [9.17, 15) is 0 Å².